The summed E-state index contributed by atoms with van der Waals surface area (Å²) in [7, 11) is 1.70. The molecule has 0 radical (unpaired) electrons. The molecule has 14 nitrogen and oxygen atoms in total. The van der Waals surface area contributed by atoms with Crippen LogP contribution in [0.15, 0.2) is 23.6 Å². The number of carboxylic acid groups (broad SMARTS) is 1. The number of phenolic OH excluding ortho intramolecular Hbond substituents is 1. The highest BCUT2D eigenvalue weighted by atomic mass is 32.1. The number of amides is 4. The summed E-state index contributed by atoms with van der Waals surface area (Å²) in [6, 6.07) is 2.54. The predicted molar refractivity (Wildman–Crippen MR) is 219 cm³/mol. The van der Waals surface area contributed by atoms with Gasteiger partial charge in [-0.1, -0.05) is 54.0 Å². The van der Waals surface area contributed by atoms with Crippen LogP contribution < -0.4 is 16.0 Å². The lowest BCUT2D eigenvalue weighted by atomic mass is 9.80. The summed E-state index contributed by atoms with van der Waals surface area (Å²) in [6.45, 7) is 13.7. The quantitative estimate of drug-likeness (QED) is 0.122. The van der Waals surface area contributed by atoms with Crippen molar-refractivity contribution in [3.63, 3.8) is 0 Å². The van der Waals surface area contributed by atoms with Gasteiger partial charge in [0.05, 0.1) is 12.5 Å². The zero-order valence-corrected chi connectivity index (χ0v) is 35.5. The van der Waals surface area contributed by atoms with Gasteiger partial charge in [0, 0.05) is 43.6 Å². The Morgan fingerprint density at radius 3 is 2.49 bits per heavy atom. The first-order chi connectivity index (χ1) is 27.2. The molecule has 5 N–H and O–H groups in total. The Bertz CT molecular complexity index is 1680. The number of carbonyl (C=O) groups is 5. The number of fused-ring (bicyclic) bond motifs is 1. The smallest absolute Gasteiger partial charge is 0.311 e. The Morgan fingerprint density at radius 1 is 1.09 bits per heavy atom. The minimum atomic E-state index is -1.02. The maximum Gasteiger partial charge on any atom is 0.311 e. The Balaban J connectivity index is 1.55. The number of ether oxygens (including phenoxy) is 1. The number of thiazole rings is 1. The Labute approximate surface area is 341 Å². The van der Waals surface area contributed by atoms with Crippen LogP contribution in [0.4, 0.5) is 0 Å². The third-order valence-corrected chi connectivity index (χ3v) is 12.2. The van der Waals surface area contributed by atoms with Crippen LogP contribution >= 0.6 is 11.3 Å². The zero-order chi connectivity index (χ0) is 41.8. The number of likely N-dealkylation sites (N-methyl/N-ethyl adjacent to an activating group) is 1. The number of aromatic hydroxyl groups is 1. The van der Waals surface area contributed by atoms with Crippen molar-refractivity contribution in [3.8, 4) is 5.75 Å². The fourth-order valence-corrected chi connectivity index (χ4v) is 8.88. The van der Waals surface area contributed by atoms with Crippen LogP contribution in [0.3, 0.4) is 0 Å². The molecule has 0 spiro atoms. The fraction of sp³-hybridized carbons (Fsp3) is 0.667. The molecule has 1 aliphatic carbocycles. The van der Waals surface area contributed by atoms with Gasteiger partial charge in [-0.15, -0.1) is 11.3 Å². The van der Waals surface area contributed by atoms with Crippen LogP contribution in [0.25, 0.3) is 0 Å². The van der Waals surface area contributed by atoms with Gasteiger partial charge >= 0.3 is 5.97 Å². The van der Waals surface area contributed by atoms with Gasteiger partial charge in [-0.25, -0.2) is 4.98 Å². The van der Waals surface area contributed by atoms with Crippen molar-refractivity contribution >= 4 is 40.9 Å². The third kappa shape index (κ3) is 11.8. The lowest BCUT2D eigenvalue weighted by molar-refractivity contribution is -0.145. The van der Waals surface area contributed by atoms with E-state index in [1.165, 1.54) is 23.5 Å². The number of nitrogens with zero attached hydrogens (tertiary/aromatic N) is 3. The van der Waals surface area contributed by atoms with Gasteiger partial charge < -0.3 is 40.7 Å². The number of nitrogens with one attached hydrogen (secondary N) is 3. The molecule has 0 bridgehead atoms. The van der Waals surface area contributed by atoms with Crippen molar-refractivity contribution < 1.29 is 38.9 Å². The number of aromatic nitrogens is 1. The highest BCUT2D eigenvalue weighted by Gasteiger charge is 2.40. The topological polar surface area (TPSA) is 190 Å². The molecule has 316 valence electrons. The second kappa shape index (κ2) is 21.6. The van der Waals surface area contributed by atoms with Gasteiger partial charge in [-0.05, 0) is 87.1 Å². The summed E-state index contributed by atoms with van der Waals surface area (Å²) in [6.07, 6.45) is 4.81. The lowest BCUT2D eigenvalue weighted by Gasteiger charge is -2.40. The summed E-state index contributed by atoms with van der Waals surface area (Å²) in [5.74, 6) is -3.06. The number of phenols is 1. The molecular formula is C42H64N6O8S. The van der Waals surface area contributed by atoms with E-state index in [9.17, 15) is 34.2 Å². The first-order valence-corrected chi connectivity index (χ1v) is 21.6. The van der Waals surface area contributed by atoms with E-state index in [2.05, 4.69) is 29.8 Å². The van der Waals surface area contributed by atoms with E-state index in [0.717, 1.165) is 24.8 Å². The summed E-state index contributed by atoms with van der Waals surface area (Å²) in [5.41, 5.74) is 1.52. The number of aliphatic carboxylic acids is 1. The molecule has 2 aromatic rings. The summed E-state index contributed by atoms with van der Waals surface area (Å²) in [4.78, 5) is 75.6. The van der Waals surface area contributed by atoms with Crippen LogP contribution in [-0.2, 0) is 30.3 Å². The third-order valence-electron chi connectivity index (χ3n) is 11.3. The highest BCUT2D eigenvalue weighted by molar-refractivity contribution is 7.09. The Morgan fingerprint density at radius 2 is 1.84 bits per heavy atom. The van der Waals surface area contributed by atoms with Gasteiger partial charge in [-0.2, -0.15) is 0 Å². The van der Waals surface area contributed by atoms with E-state index >= 15 is 0 Å². The average molecular weight is 813 g/mol. The van der Waals surface area contributed by atoms with Crippen molar-refractivity contribution in [2.75, 3.05) is 33.3 Å². The van der Waals surface area contributed by atoms with Gasteiger partial charge in [0.1, 0.15) is 34.6 Å². The van der Waals surface area contributed by atoms with Crippen LogP contribution in [0.1, 0.15) is 132 Å². The molecule has 4 amide bonds. The molecule has 1 fully saturated rings. The molecule has 15 heteroatoms. The first-order valence-electron chi connectivity index (χ1n) is 20.7. The van der Waals surface area contributed by atoms with Gasteiger partial charge in [0.2, 0.25) is 17.7 Å². The molecule has 57 heavy (non-hydrogen) atoms. The standard InChI is InChI=1S/C42H64N6O8S/c1-8-16-48(41(53)37(26(6)10-3)46-39(52)33-13-11-12-17-47(33)36(50)23-43-7)34(25(4)5)22-35(56-18-9-2)40-45-32(24-57-40)38(51)44-28-19-27-14-15-29(49)21-30(27)31(20-28)42(54)55/h14-15,21,24-26,28,31,33-35,37,43,49H,8-13,16-20,22-23H2,1-7H3,(H,44,51)(H,46,52)(H,54,55)/t26-,28-,31+,33+,34?,35+,37-/m0/s1. The number of hydrogen-bond acceptors (Lipinski definition) is 10. The Kier molecular flexibility index (Phi) is 17.3. The highest BCUT2D eigenvalue weighted by Crippen LogP contribution is 2.35. The van der Waals surface area contributed by atoms with E-state index < -0.39 is 42.0 Å². The Hall–Kier alpha value is -4.08. The molecule has 2 heterocycles. The van der Waals surface area contributed by atoms with Crippen LogP contribution in [0.5, 0.6) is 5.75 Å². The second-order valence-electron chi connectivity index (χ2n) is 15.9. The van der Waals surface area contributed by atoms with E-state index in [4.69, 9.17) is 9.72 Å². The molecule has 0 saturated carbocycles. The number of carbonyl (C=O) groups excluding carboxylic acids is 4. The van der Waals surface area contributed by atoms with Gasteiger partial charge in [-0.3, -0.25) is 24.0 Å². The summed E-state index contributed by atoms with van der Waals surface area (Å²) < 4.78 is 6.41. The normalized spacial score (nSPS) is 20.2. The molecule has 4 rings (SSSR count). The SMILES string of the molecule is CCCO[C@H](CC(C(C)C)N(CCC)C(=O)[C@@H](NC(=O)[C@H]1CCCCN1C(=O)CNC)[C@@H](C)CC)c1nc(C(=O)N[C@H]2Cc3ccc(O)cc3[C@H](C(=O)O)C2)cs1. The van der Waals surface area contributed by atoms with Crippen molar-refractivity contribution in [1.82, 2.24) is 30.7 Å². The van der Waals surface area contributed by atoms with Crippen molar-refractivity contribution in [2.45, 2.75) is 136 Å². The maximum atomic E-state index is 14.8. The molecule has 2 aliphatic rings. The van der Waals surface area contributed by atoms with Gasteiger partial charge in [0.25, 0.3) is 5.91 Å². The minimum Gasteiger partial charge on any atom is -0.508 e. The molecular weight excluding hydrogens is 749 g/mol. The molecule has 1 aliphatic heterocycles. The summed E-state index contributed by atoms with van der Waals surface area (Å²) in [5, 5.41) is 31.2. The second-order valence-corrected chi connectivity index (χ2v) is 16.8. The number of hydrogen-bond donors (Lipinski definition) is 5. The van der Waals surface area contributed by atoms with Crippen LogP contribution in [0, 0.1) is 11.8 Å². The van der Waals surface area contributed by atoms with Crippen molar-refractivity contribution in [2.24, 2.45) is 11.8 Å². The molecule has 1 unspecified atom stereocenters. The molecule has 1 aromatic heterocycles. The van der Waals surface area contributed by atoms with E-state index in [-0.39, 0.29) is 60.0 Å². The van der Waals surface area contributed by atoms with Gasteiger partial charge in [0.15, 0.2) is 0 Å². The minimum absolute atomic E-state index is 0.00192. The number of piperidine rings is 1. The number of benzene rings is 1. The number of rotatable bonds is 20. The first kappa shape index (κ1) is 45.6. The number of carboxylic acids is 1. The number of likely N-dealkylation sites (tertiary alicyclic amines) is 1. The lowest BCUT2D eigenvalue weighted by Crippen LogP contribution is -2.60. The van der Waals surface area contributed by atoms with Crippen LogP contribution in [0.2, 0.25) is 0 Å². The maximum absolute atomic E-state index is 14.8. The monoisotopic (exact) mass is 812 g/mol. The zero-order valence-electron chi connectivity index (χ0n) is 34.7. The summed E-state index contributed by atoms with van der Waals surface area (Å²) >= 11 is 1.31. The predicted octanol–water partition coefficient (Wildman–Crippen LogP) is 5.01. The van der Waals surface area contributed by atoms with Crippen LogP contribution in [-0.4, -0.2) is 112 Å². The van der Waals surface area contributed by atoms with E-state index in [1.54, 1.807) is 23.4 Å². The van der Waals surface area contributed by atoms with E-state index in [1.807, 2.05) is 32.6 Å². The largest absolute Gasteiger partial charge is 0.508 e. The molecule has 1 saturated heterocycles. The van der Waals surface area contributed by atoms with Crippen molar-refractivity contribution in [1.29, 1.82) is 0 Å². The average Bonchev–Trinajstić information content (AvgIpc) is 3.69. The molecule has 1 aromatic carbocycles. The van der Waals surface area contributed by atoms with E-state index in [0.29, 0.717) is 62.4 Å². The van der Waals surface area contributed by atoms with Crippen molar-refractivity contribution in [3.05, 3.63) is 45.4 Å². The molecule has 7 atom stereocenters. The fourth-order valence-electron chi connectivity index (χ4n) is 8.02.